The van der Waals surface area contributed by atoms with Crippen molar-refractivity contribution in [1.82, 2.24) is 4.72 Å². The summed E-state index contributed by atoms with van der Waals surface area (Å²) in [5, 5.41) is 0. The molecule has 0 saturated heterocycles. The normalized spacial score (nSPS) is 16.2. The summed E-state index contributed by atoms with van der Waals surface area (Å²) in [7, 11) is -3.56. The van der Waals surface area contributed by atoms with Gasteiger partial charge in [0.25, 0.3) is 5.91 Å². The highest BCUT2D eigenvalue weighted by Gasteiger charge is 2.30. The number of benzene rings is 2. The highest BCUT2D eigenvalue weighted by molar-refractivity contribution is 7.89. The van der Waals surface area contributed by atoms with E-state index >= 15 is 0 Å². The Bertz CT molecular complexity index is 1000. The lowest BCUT2D eigenvalue weighted by Crippen LogP contribution is -2.39. The number of sulfonamides is 1. The zero-order valence-corrected chi connectivity index (χ0v) is 18.1. The summed E-state index contributed by atoms with van der Waals surface area (Å²) in [5.74, 6) is 0.607. The molecule has 2 aromatic carbocycles. The van der Waals surface area contributed by atoms with Crippen LogP contribution in [0.15, 0.2) is 47.4 Å². The number of nitrogens with one attached hydrogen (secondary N) is 1. The van der Waals surface area contributed by atoms with Crippen molar-refractivity contribution in [2.75, 3.05) is 18.1 Å². The maximum atomic E-state index is 12.8. The van der Waals surface area contributed by atoms with Gasteiger partial charge in [-0.15, -0.1) is 0 Å². The molecule has 0 unspecified atom stereocenters. The summed E-state index contributed by atoms with van der Waals surface area (Å²) >= 11 is 0. The van der Waals surface area contributed by atoms with Crippen LogP contribution in [0.25, 0.3) is 0 Å². The monoisotopic (exact) mass is 416 g/mol. The number of fused-ring (bicyclic) bond motifs is 1. The minimum absolute atomic E-state index is 0.0872. The standard InChI is InChI=1S/C22H28N2O4S/c1-15(2)13-23-29(26,27)19-9-10-21(16(3)11-19)28-14-22(25)24-17(4)12-18-7-5-6-8-20(18)24/h5-11,15,17,23H,12-14H2,1-4H3/t17-/m1/s1. The van der Waals surface area contributed by atoms with Crippen LogP contribution >= 0.6 is 0 Å². The SMILES string of the molecule is Cc1cc(S(=O)(=O)NCC(C)C)ccc1OCC(=O)N1c2ccccc2C[C@H]1C. The van der Waals surface area contributed by atoms with Crippen LogP contribution in [-0.4, -0.2) is 33.5 Å². The second kappa shape index (κ2) is 8.55. The molecule has 0 bridgehead atoms. The topological polar surface area (TPSA) is 75.7 Å². The quantitative estimate of drug-likeness (QED) is 0.752. The summed E-state index contributed by atoms with van der Waals surface area (Å²) in [5.41, 5.74) is 2.76. The van der Waals surface area contributed by atoms with Crippen molar-refractivity contribution in [3.05, 3.63) is 53.6 Å². The maximum Gasteiger partial charge on any atom is 0.265 e. The van der Waals surface area contributed by atoms with E-state index < -0.39 is 10.0 Å². The largest absolute Gasteiger partial charge is 0.483 e. The smallest absolute Gasteiger partial charge is 0.265 e. The van der Waals surface area contributed by atoms with Gasteiger partial charge in [-0.25, -0.2) is 13.1 Å². The number of rotatable bonds is 7. The Kier molecular flexibility index (Phi) is 6.29. The molecule has 1 aliphatic rings. The van der Waals surface area contributed by atoms with Crippen molar-refractivity contribution < 1.29 is 17.9 Å². The van der Waals surface area contributed by atoms with E-state index in [2.05, 4.69) is 4.72 Å². The number of anilines is 1. The molecule has 2 aromatic rings. The number of amides is 1. The average Bonchev–Trinajstić information content (AvgIpc) is 3.01. The van der Waals surface area contributed by atoms with Gasteiger partial charge in [-0.1, -0.05) is 32.0 Å². The molecule has 7 heteroatoms. The van der Waals surface area contributed by atoms with Crippen molar-refractivity contribution in [3.8, 4) is 5.75 Å². The number of hydrogen-bond donors (Lipinski definition) is 1. The third-order valence-corrected chi connectivity index (χ3v) is 6.39. The van der Waals surface area contributed by atoms with Gasteiger partial charge in [-0.3, -0.25) is 4.79 Å². The third-order valence-electron chi connectivity index (χ3n) is 4.97. The lowest BCUT2D eigenvalue weighted by Gasteiger charge is -2.23. The molecule has 0 spiro atoms. The van der Waals surface area contributed by atoms with Gasteiger partial charge in [-0.2, -0.15) is 0 Å². The van der Waals surface area contributed by atoms with E-state index in [0.29, 0.717) is 17.9 Å². The Morgan fingerprint density at radius 1 is 1.24 bits per heavy atom. The Balaban J connectivity index is 1.68. The molecule has 0 aromatic heterocycles. The molecule has 0 fully saturated rings. The fourth-order valence-corrected chi connectivity index (χ4v) is 4.76. The molecule has 6 nitrogen and oxygen atoms in total. The first-order chi connectivity index (χ1) is 13.7. The number of carbonyl (C=O) groups excluding carboxylic acids is 1. The van der Waals surface area contributed by atoms with Crippen LogP contribution in [0, 0.1) is 12.8 Å². The first-order valence-corrected chi connectivity index (χ1v) is 11.3. The van der Waals surface area contributed by atoms with Gasteiger partial charge in [0.05, 0.1) is 4.90 Å². The van der Waals surface area contributed by atoms with Crippen LogP contribution in [0.2, 0.25) is 0 Å². The molecule has 29 heavy (non-hydrogen) atoms. The van der Waals surface area contributed by atoms with Gasteiger partial charge in [0.15, 0.2) is 6.61 Å². The predicted octanol–water partition coefficient (Wildman–Crippen LogP) is 3.29. The number of ether oxygens (including phenoxy) is 1. The molecule has 1 aliphatic heterocycles. The van der Waals surface area contributed by atoms with Crippen molar-refractivity contribution in [2.45, 2.75) is 45.1 Å². The van der Waals surface area contributed by atoms with Crippen molar-refractivity contribution in [3.63, 3.8) is 0 Å². The Labute approximate surface area is 172 Å². The minimum atomic E-state index is -3.56. The summed E-state index contributed by atoms with van der Waals surface area (Å²) in [4.78, 5) is 14.7. The molecule has 0 aliphatic carbocycles. The van der Waals surface area contributed by atoms with Crippen molar-refractivity contribution in [2.24, 2.45) is 5.92 Å². The van der Waals surface area contributed by atoms with Crippen molar-refractivity contribution >= 4 is 21.6 Å². The van der Waals surface area contributed by atoms with E-state index in [1.165, 1.54) is 6.07 Å². The van der Waals surface area contributed by atoms with E-state index in [-0.39, 0.29) is 29.4 Å². The van der Waals surface area contributed by atoms with E-state index in [1.54, 1.807) is 24.0 Å². The van der Waals surface area contributed by atoms with Crippen LogP contribution in [-0.2, 0) is 21.2 Å². The zero-order chi connectivity index (χ0) is 21.2. The second-order valence-corrected chi connectivity index (χ2v) is 9.67. The molecule has 0 saturated carbocycles. The van der Waals surface area contributed by atoms with Gasteiger partial charge in [-0.05, 0) is 61.6 Å². The molecule has 156 valence electrons. The Morgan fingerprint density at radius 2 is 1.97 bits per heavy atom. The Hall–Kier alpha value is -2.38. The lowest BCUT2D eigenvalue weighted by atomic mass is 10.1. The molecule has 1 heterocycles. The van der Waals surface area contributed by atoms with Gasteiger partial charge in [0.1, 0.15) is 5.75 Å². The second-order valence-electron chi connectivity index (χ2n) is 7.91. The molecule has 1 N–H and O–H groups in total. The summed E-state index contributed by atoms with van der Waals surface area (Å²) < 4.78 is 33.1. The molecular weight excluding hydrogens is 388 g/mol. The van der Waals surface area contributed by atoms with Crippen LogP contribution in [0.4, 0.5) is 5.69 Å². The van der Waals surface area contributed by atoms with Gasteiger partial charge in [0.2, 0.25) is 10.0 Å². The molecular formula is C22H28N2O4S. The summed E-state index contributed by atoms with van der Waals surface area (Å²) in [6, 6.07) is 12.7. The molecule has 1 atom stereocenters. The van der Waals surface area contributed by atoms with E-state index in [4.69, 9.17) is 4.74 Å². The molecule has 0 radical (unpaired) electrons. The number of carbonyl (C=O) groups is 1. The fourth-order valence-electron chi connectivity index (χ4n) is 3.47. The first-order valence-electron chi connectivity index (χ1n) is 9.82. The average molecular weight is 417 g/mol. The fraction of sp³-hybridized carbons (Fsp3) is 0.409. The van der Waals surface area contributed by atoms with Crippen LogP contribution in [0.3, 0.4) is 0 Å². The molecule has 3 rings (SSSR count). The minimum Gasteiger partial charge on any atom is -0.483 e. The highest BCUT2D eigenvalue weighted by Crippen LogP contribution is 2.32. The van der Waals surface area contributed by atoms with Crippen molar-refractivity contribution in [1.29, 1.82) is 0 Å². The van der Waals surface area contributed by atoms with Gasteiger partial charge in [0, 0.05) is 18.3 Å². The highest BCUT2D eigenvalue weighted by atomic mass is 32.2. The third kappa shape index (κ3) is 4.79. The first kappa shape index (κ1) is 21.3. The molecule has 1 amide bonds. The Morgan fingerprint density at radius 3 is 2.66 bits per heavy atom. The predicted molar refractivity (Wildman–Crippen MR) is 114 cm³/mol. The summed E-state index contributed by atoms with van der Waals surface area (Å²) in [6.07, 6.45) is 0.830. The van der Waals surface area contributed by atoms with Crippen LogP contribution in [0.5, 0.6) is 5.75 Å². The van der Waals surface area contributed by atoms with E-state index in [1.807, 2.05) is 45.0 Å². The van der Waals surface area contributed by atoms with E-state index in [0.717, 1.165) is 17.7 Å². The van der Waals surface area contributed by atoms with Crippen LogP contribution < -0.4 is 14.4 Å². The van der Waals surface area contributed by atoms with Crippen LogP contribution in [0.1, 0.15) is 31.9 Å². The zero-order valence-electron chi connectivity index (χ0n) is 17.3. The number of aryl methyl sites for hydroxylation is 1. The number of hydrogen-bond acceptors (Lipinski definition) is 4. The van der Waals surface area contributed by atoms with E-state index in [9.17, 15) is 13.2 Å². The van der Waals surface area contributed by atoms with Gasteiger partial charge < -0.3 is 9.64 Å². The van der Waals surface area contributed by atoms with Gasteiger partial charge >= 0.3 is 0 Å². The number of nitrogens with zero attached hydrogens (tertiary/aromatic N) is 1. The summed E-state index contributed by atoms with van der Waals surface area (Å²) in [6.45, 7) is 7.96. The maximum absolute atomic E-state index is 12.8. The lowest BCUT2D eigenvalue weighted by molar-refractivity contribution is -0.120. The number of para-hydroxylation sites is 1.